The summed E-state index contributed by atoms with van der Waals surface area (Å²) < 4.78 is 40.9. The van der Waals surface area contributed by atoms with Crippen LogP contribution in [0.3, 0.4) is 0 Å². The SMILES string of the molecule is Nc1cncc(-c2nc(CCC(F)(F)F)no2)c1. The van der Waals surface area contributed by atoms with Crippen LogP contribution in [-0.2, 0) is 6.42 Å². The number of aryl methyl sites for hydroxylation is 1. The first-order valence-corrected chi connectivity index (χ1v) is 5.04. The summed E-state index contributed by atoms with van der Waals surface area (Å²) in [5, 5.41) is 3.47. The number of hydrogen-bond donors (Lipinski definition) is 1. The van der Waals surface area contributed by atoms with E-state index < -0.39 is 12.6 Å². The van der Waals surface area contributed by atoms with E-state index in [2.05, 4.69) is 15.1 Å². The normalized spacial score (nSPS) is 11.7. The van der Waals surface area contributed by atoms with Crippen molar-refractivity contribution >= 4 is 5.69 Å². The van der Waals surface area contributed by atoms with E-state index in [1.807, 2.05) is 0 Å². The Morgan fingerprint density at radius 3 is 2.72 bits per heavy atom. The first kappa shape index (κ1) is 12.3. The monoisotopic (exact) mass is 258 g/mol. The number of anilines is 1. The predicted molar refractivity (Wildman–Crippen MR) is 56.3 cm³/mol. The molecule has 0 aliphatic rings. The van der Waals surface area contributed by atoms with E-state index >= 15 is 0 Å². The summed E-state index contributed by atoms with van der Waals surface area (Å²) in [5.41, 5.74) is 6.40. The molecule has 8 heteroatoms. The molecule has 5 nitrogen and oxygen atoms in total. The molecule has 0 aliphatic heterocycles. The molecule has 0 saturated heterocycles. The number of nitrogens with two attached hydrogens (primary N) is 1. The second-order valence-corrected chi connectivity index (χ2v) is 3.64. The van der Waals surface area contributed by atoms with Crippen molar-refractivity contribution in [2.45, 2.75) is 19.0 Å². The molecule has 0 unspecified atom stereocenters. The summed E-state index contributed by atoms with van der Waals surface area (Å²) in [7, 11) is 0. The van der Waals surface area contributed by atoms with Crippen LogP contribution in [0.1, 0.15) is 12.2 Å². The van der Waals surface area contributed by atoms with Gasteiger partial charge in [0.25, 0.3) is 5.89 Å². The zero-order chi connectivity index (χ0) is 13.2. The maximum atomic E-state index is 12.0. The number of pyridine rings is 1. The van der Waals surface area contributed by atoms with Crippen LogP contribution >= 0.6 is 0 Å². The lowest BCUT2D eigenvalue weighted by Gasteiger charge is -2.01. The summed E-state index contributed by atoms with van der Waals surface area (Å²) in [4.78, 5) is 7.67. The largest absolute Gasteiger partial charge is 0.397 e. The molecule has 18 heavy (non-hydrogen) atoms. The molecule has 0 radical (unpaired) electrons. The van der Waals surface area contributed by atoms with Gasteiger partial charge in [-0.05, 0) is 6.07 Å². The predicted octanol–water partition coefficient (Wildman–Crippen LogP) is 2.21. The van der Waals surface area contributed by atoms with E-state index in [1.165, 1.54) is 12.4 Å². The Bertz CT molecular complexity index is 538. The van der Waals surface area contributed by atoms with Crippen molar-refractivity contribution in [3.8, 4) is 11.5 Å². The number of hydrogen-bond acceptors (Lipinski definition) is 5. The van der Waals surface area contributed by atoms with E-state index in [0.29, 0.717) is 11.3 Å². The highest BCUT2D eigenvalue weighted by molar-refractivity contribution is 5.57. The third-order valence-electron chi connectivity index (χ3n) is 2.11. The van der Waals surface area contributed by atoms with Crippen LogP contribution in [0.15, 0.2) is 23.0 Å². The summed E-state index contributed by atoms with van der Waals surface area (Å²) >= 11 is 0. The molecular weight excluding hydrogens is 249 g/mol. The van der Waals surface area contributed by atoms with Gasteiger partial charge in [-0.2, -0.15) is 18.2 Å². The van der Waals surface area contributed by atoms with Crippen LogP contribution in [0, 0.1) is 0 Å². The summed E-state index contributed by atoms with van der Waals surface area (Å²) in [6.45, 7) is 0. The molecule has 0 aromatic carbocycles. The molecule has 2 aromatic rings. The second-order valence-electron chi connectivity index (χ2n) is 3.64. The van der Waals surface area contributed by atoms with Crippen LogP contribution in [-0.4, -0.2) is 21.3 Å². The lowest BCUT2D eigenvalue weighted by Crippen LogP contribution is -2.09. The van der Waals surface area contributed by atoms with Crippen molar-refractivity contribution in [2.75, 3.05) is 5.73 Å². The van der Waals surface area contributed by atoms with Gasteiger partial charge in [0, 0.05) is 18.8 Å². The number of nitrogens with zero attached hydrogens (tertiary/aromatic N) is 3. The Balaban J connectivity index is 2.11. The number of alkyl halides is 3. The minimum absolute atomic E-state index is 0.00440. The Hall–Kier alpha value is -2.12. The molecule has 0 fully saturated rings. The third-order valence-corrected chi connectivity index (χ3v) is 2.11. The Morgan fingerprint density at radius 1 is 1.28 bits per heavy atom. The summed E-state index contributed by atoms with van der Waals surface area (Å²) in [6, 6.07) is 1.55. The first-order valence-electron chi connectivity index (χ1n) is 5.04. The fourth-order valence-electron chi connectivity index (χ4n) is 1.30. The smallest absolute Gasteiger partial charge is 0.389 e. The second kappa shape index (κ2) is 4.63. The standard InChI is InChI=1S/C10H9F3N4O/c11-10(12,13)2-1-8-16-9(18-17-8)6-3-7(14)5-15-4-6/h3-5H,1-2,14H2. The van der Waals surface area contributed by atoms with Crippen LogP contribution < -0.4 is 5.73 Å². The number of rotatable bonds is 3. The molecule has 0 bridgehead atoms. The third kappa shape index (κ3) is 3.19. The average molecular weight is 258 g/mol. The van der Waals surface area contributed by atoms with Gasteiger partial charge in [-0.25, -0.2) is 0 Å². The molecule has 96 valence electrons. The molecule has 0 saturated carbocycles. The van der Waals surface area contributed by atoms with Crippen molar-refractivity contribution in [1.82, 2.24) is 15.1 Å². The van der Waals surface area contributed by atoms with Gasteiger partial charge in [-0.3, -0.25) is 4.98 Å². The maximum Gasteiger partial charge on any atom is 0.389 e. The van der Waals surface area contributed by atoms with E-state index in [4.69, 9.17) is 10.3 Å². The van der Waals surface area contributed by atoms with Crippen LogP contribution in [0.5, 0.6) is 0 Å². The molecule has 0 atom stereocenters. The highest BCUT2D eigenvalue weighted by Crippen LogP contribution is 2.23. The van der Waals surface area contributed by atoms with Gasteiger partial charge in [0.15, 0.2) is 5.82 Å². The highest BCUT2D eigenvalue weighted by Gasteiger charge is 2.27. The van der Waals surface area contributed by atoms with E-state index in [9.17, 15) is 13.2 Å². The number of aromatic nitrogens is 3. The Labute approximate surface area is 99.8 Å². The maximum absolute atomic E-state index is 12.0. The van der Waals surface area contributed by atoms with Gasteiger partial charge in [0.2, 0.25) is 0 Å². The first-order chi connectivity index (χ1) is 8.44. The molecular formula is C10H9F3N4O. The topological polar surface area (TPSA) is 77.8 Å². The van der Waals surface area contributed by atoms with Crippen molar-refractivity contribution in [3.05, 3.63) is 24.3 Å². The number of halogens is 3. The molecule has 0 amide bonds. The minimum atomic E-state index is -4.24. The minimum Gasteiger partial charge on any atom is -0.397 e. The zero-order valence-electron chi connectivity index (χ0n) is 9.11. The van der Waals surface area contributed by atoms with E-state index in [0.717, 1.165) is 0 Å². The molecule has 0 aliphatic carbocycles. The molecule has 2 N–H and O–H groups in total. The van der Waals surface area contributed by atoms with Gasteiger partial charge in [-0.15, -0.1) is 0 Å². The quantitative estimate of drug-likeness (QED) is 0.913. The molecule has 2 rings (SSSR count). The Kier molecular flexibility index (Phi) is 3.17. The summed E-state index contributed by atoms with van der Waals surface area (Å²) in [5.74, 6) is 0.108. The van der Waals surface area contributed by atoms with Crippen LogP contribution in [0.4, 0.5) is 18.9 Å². The fourth-order valence-corrected chi connectivity index (χ4v) is 1.30. The van der Waals surface area contributed by atoms with Crippen LogP contribution in [0.25, 0.3) is 11.5 Å². The highest BCUT2D eigenvalue weighted by atomic mass is 19.4. The van der Waals surface area contributed by atoms with Crippen molar-refractivity contribution < 1.29 is 17.7 Å². The zero-order valence-corrected chi connectivity index (χ0v) is 9.11. The molecule has 2 aromatic heterocycles. The molecule has 0 spiro atoms. The summed E-state index contributed by atoms with van der Waals surface area (Å²) in [6.07, 6.45) is -2.66. The van der Waals surface area contributed by atoms with Crippen molar-refractivity contribution in [2.24, 2.45) is 0 Å². The van der Waals surface area contributed by atoms with Crippen molar-refractivity contribution in [1.29, 1.82) is 0 Å². The average Bonchev–Trinajstić information content (AvgIpc) is 2.74. The van der Waals surface area contributed by atoms with Gasteiger partial charge in [0.1, 0.15) is 0 Å². The lowest BCUT2D eigenvalue weighted by atomic mass is 10.2. The van der Waals surface area contributed by atoms with E-state index in [-0.39, 0.29) is 18.1 Å². The lowest BCUT2D eigenvalue weighted by molar-refractivity contribution is -0.134. The molecule has 2 heterocycles. The van der Waals surface area contributed by atoms with Gasteiger partial charge in [-0.1, -0.05) is 5.16 Å². The van der Waals surface area contributed by atoms with Gasteiger partial charge < -0.3 is 10.3 Å². The van der Waals surface area contributed by atoms with Gasteiger partial charge in [0.05, 0.1) is 17.7 Å². The van der Waals surface area contributed by atoms with Gasteiger partial charge >= 0.3 is 6.18 Å². The number of nitrogen functional groups attached to an aromatic ring is 1. The van der Waals surface area contributed by atoms with Crippen molar-refractivity contribution in [3.63, 3.8) is 0 Å². The van der Waals surface area contributed by atoms with Crippen LogP contribution in [0.2, 0.25) is 0 Å². The van der Waals surface area contributed by atoms with E-state index in [1.54, 1.807) is 6.07 Å². The Morgan fingerprint density at radius 2 is 2.06 bits per heavy atom. The fraction of sp³-hybridized carbons (Fsp3) is 0.300.